The Kier molecular flexibility index (Phi) is 12.2. The molecule has 0 saturated carbocycles. The predicted molar refractivity (Wildman–Crippen MR) is 51.5 cm³/mol. The molecule has 0 spiro atoms. The third-order valence-electron chi connectivity index (χ3n) is 0.949. The molecule has 0 saturated heterocycles. The van der Waals surface area contributed by atoms with E-state index in [2.05, 4.69) is 18.2 Å². The maximum Gasteiger partial charge on any atom is 0.330 e. The number of carbonyl (C=O) groups excluding carboxylic acids is 1. The van der Waals surface area contributed by atoms with Crippen molar-refractivity contribution in [2.75, 3.05) is 33.6 Å². The second-order valence-corrected chi connectivity index (χ2v) is 2.17. The molecule has 0 aliphatic rings. The quantitative estimate of drug-likeness (QED) is 0.381. The van der Waals surface area contributed by atoms with Crippen molar-refractivity contribution >= 4 is 17.6 Å². The number of likely N-dealkylation sites (N-methyl/N-ethyl adjacent to an activating group) is 1. The normalized spacial score (nSPS) is 8.42. The molecule has 4 heteroatoms. The van der Waals surface area contributed by atoms with Crippen molar-refractivity contribution in [3.8, 4) is 0 Å². The van der Waals surface area contributed by atoms with E-state index in [0.717, 1.165) is 12.6 Å². The monoisotopic (exact) mass is 193 g/mol. The fourth-order valence-corrected chi connectivity index (χ4v) is 0.388. The molecule has 0 bridgehead atoms. The first kappa shape index (κ1) is 14.0. The van der Waals surface area contributed by atoms with Crippen molar-refractivity contribution in [1.29, 1.82) is 0 Å². The van der Waals surface area contributed by atoms with Crippen LogP contribution in [-0.4, -0.2) is 44.5 Å². The molecule has 0 amide bonds. The molecular weight excluding hydrogens is 178 g/mol. The topological polar surface area (TPSA) is 29.5 Å². The maximum absolute atomic E-state index is 10.4. The Balaban J connectivity index is 0. The fourth-order valence-electron chi connectivity index (χ4n) is 0.388. The van der Waals surface area contributed by atoms with Gasteiger partial charge in [0.15, 0.2) is 0 Å². The molecule has 0 aliphatic heterocycles. The van der Waals surface area contributed by atoms with Crippen LogP contribution in [0.2, 0.25) is 0 Å². The molecule has 0 fully saturated rings. The lowest BCUT2D eigenvalue weighted by atomic mass is 10.6. The lowest BCUT2D eigenvalue weighted by Crippen LogP contribution is -2.19. The van der Waals surface area contributed by atoms with Crippen molar-refractivity contribution in [3.63, 3.8) is 0 Å². The van der Waals surface area contributed by atoms with Gasteiger partial charge in [0.1, 0.15) is 6.61 Å². The number of ether oxygens (including phenoxy) is 1. The van der Waals surface area contributed by atoms with E-state index < -0.39 is 0 Å². The fraction of sp³-hybridized carbons (Fsp3) is 0.625. The zero-order valence-electron chi connectivity index (χ0n) is 7.84. The van der Waals surface area contributed by atoms with Crippen LogP contribution < -0.4 is 0 Å². The minimum Gasteiger partial charge on any atom is -0.461 e. The molecule has 0 heterocycles. The van der Waals surface area contributed by atoms with E-state index in [4.69, 9.17) is 4.74 Å². The molecule has 0 N–H and O–H groups in total. The summed E-state index contributed by atoms with van der Waals surface area (Å²) in [5.74, 6) is -0.359. The van der Waals surface area contributed by atoms with Crippen LogP contribution in [0.15, 0.2) is 12.7 Å². The number of rotatable bonds is 4. The molecule has 0 aliphatic carbocycles. The SMILES string of the molecule is C=CC(=O)OCCN(C)C.CCl. The van der Waals surface area contributed by atoms with E-state index in [9.17, 15) is 4.79 Å². The van der Waals surface area contributed by atoms with Gasteiger partial charge in [-0.1, -0.05) is 6.58 Å². The highest BCUT2D eigenvalue weighted by atomic mass is 35.5. The molecule has 0 aromatic rings. The summed E-state index contributed by atoms with van der Waals surface area (Å²) in [5, 5.41) is 0. The second-order valence-electron chi connectivity index (χ2n) is 2.17. The summed E-state index contributed by atoms with van der Waals surface area (Å²) in [6.45, 7) is 4.45. The summed E-state index contributed by atoms with van der Waals surface area (Å²) in [4.78, 5) is 12.4. The first-order valence-corrected chi connectivity index (χ1v) is 4.24. The maximum atomic E-state index is 10.4. The van der Waals surface area contributed by atoms with Crippen molar-refractivity contribution < 1.29 is 9.53 Å². The number of alkyl halides is 1. The number of carbonyl (C=O) groups is 1. The Hall–Kier alpha value is -0.540. The van der Waals surface area contributed by atoms with Gasteiger partial charge in [0.25, 0.3) is 0 Å². The van der Waals surface area contributed by atoms with Gasteiger partial charge in [-0.05, 0) is 14.1 Å². The Bertz CT molecular complexity index is 126. The van der Waals surface area contributed by atoms with Crippen LogP contribution in [0.5, 0.6) is 0 Å². The standard InChI is InChI=1S/C7H13NO2.CH3Cl/c1-4-7(9)10-6-5-8(2)3;1-2/h4H,1,5-6H2,2-3H3;1H3. The van der Waals surface area contributed by atoms with E-state index >= 15 is 0 Å². The average molecular weight is 194 g/mol. The number of hydrogen-bond donors (Lipinski definition) is 0. The Morgan fingerprint density at radius 3 is 2.42 bits per heavy atom. The Labute approximate surface area is 78.9 Å². The minimum absolute atomic E-state index is 0.359. The molecule has 0 radical (unpaired) electrons. The van der Waals surface area contributed by atoms with Crippen LogP contribution in [0.4, 0.5) is 0 Å². The molecule has 3 nitrogen and oxygen atoms in total. The van der Waals surface area contributed by atoms with E-state index in [1.54, 1.807) is 0 Å². The van der Waals surface area contributed by atoms with Crippen molar-refractivity contribution in [1.82, 2.24) is 4.90 Å². The molecule has 0 aromatic heterocycles. The van der Waals surface area contributed by atoms with Gasteiger partial charge in [0.2, 0.25) is 0 Å². The summed E-state index contributed by atoms with van der Waals surface area (Å²) in [6.07, 6.45) is 2.63. The summed E-state index contributed by atoms with van der Waals surface area (Å²) >= 11 is 4.64. The van der Waals surface area contributed by atoms with Gasteiger partial charge in [-0.25, -0.2) is 4.79 Å². The Morgan fingerprint density at radius 1 is 1.58 bits per heavy atom. The summed E-state index contributed by atoms with van der Waals surface area (Å²) in [6, 6.07) is 0. The van der Waals surface area contributed by atoms with E-state index in [-0.39, 0.29) is 5.97 Å². The van der Waals surface area contributed by atoms with Crippen LogP contribution >= 0.6 is 11.6 Å². The lowest BCUT2D eigenvalue weighted by molar-refractivity contribution is -0.137. The Morgan fingerprint density at radius 2 is 2.08 bits per heavy atom. The molecular formula is C8H16ClNO2. The van der Waals surface area contributed by atoms with Crippen LogP contribution in [0.3, 0.4) is 0 Å². The van der Waals surface area contributed by atoms with Crippen molar-refractivity contribution in [2.24, 2.45) is 0 Å². The van der Waals surface area contributed by atoms with Gasteiger partial charge in [0.05, 0.1) is 0 Å². The zero-order chi connectivity index (χ0) is 9.98. The van der Waals surface area contributed by atoms with E-state index in [1.165, 1.54) is 6.38 Å². The number of nitrogens with zero attached hydrogens (tertiary/aromatic N) is 1. The highest BCUT2D eigenvalue weighted by molar-refractivity contribution is 6.15. The third kappa shape index (κ3) is 12.2. The van der Waals surface area contributed by atoms with Crippen molar-refractivity contribution in [2.45, 2.75) is 0 Å². The first-order valence-electron chi connectivity index (χ1n) is 3.48. The summed E-state index contributed by atoms with van der Waals surface area (Å²) in [7, 11) is 3.84. The molecule has 72 valence electrons. The number of hydrogen-bond acceptors (Lipinski definition) is 3. The van der Waals surface area contributed by atoms with Gasteiger partial charge in [-0.3, -0.25) is 0 Å². The highest BCUT2D eigenvalue weighted by Gasteiger charge is 1.94. The van der Waals surface area contributed by atoms with Crippen LogP contribution in [-0.2, 0) is 9.53 Å². The molecule has 0 aromatic carbocycles. The van der Waals surface area contributed by atoms with E-state index in [1.807, 2.05) is 19.0 Å². The molecule has 0 atom stereocenters. The van der Waals surface area contributed by atoms with E-state index in [0.29, 0.717) is 6.61 Å². The van der Waals surface area contributed by atoms with Crippen molar-refractivity contribution in [3.05, 3.63) is 12.7 Å². The molecule has 12 heavy (non-hydrogen) atoms. The average Bonchev–Trinajstić information content (AvgIpc) is 2.07. The van der Waals surface area contributed by atoms with Crippen LogP contribution in [0, 0.1) is 0 Å². The summed E-state index contributed by atoms with van der Waals surface area (Å²) in [5.41, 5.74) is 0. The van der Waals surface area contributed by atoms with Gasteiger partial charge >= 0.3 is 5.97 Å². The molecule has 0 rings (SSSR count). The summed E-state index contributed by atoms with van der Waals surface area (Å²) < 4.78 is 4.70. The van der Waals surface area contributed by atoms with Gasteiger partial charge in [0, 0.05) is 19.0 Å². The number of esters is 1. The van der Waals surface area contributed by atoms with Crippen LogP contribution in [0.1, 0.15) is 0 Å². The first-order chi connectivity index (χ1) is 5.66. The third-order valence-corrected chi connectivity index (χ3v) is 0.949. The highest BCUT2D eigenvalue weighted by Crippen LogP contribution is 1.80. The smallest absolute Gasteiger partial charge is 0.330 e. The molecule has 0 unspecified atom stereocenters. The lowest BCUT2D eigenvalue weighted by Gasteiger charge is -2.07. The predicted octanol–water partition coefficient (Wildman–Crippen LogP) is 1.13. The number of halogens is 1. The van der Waals surface area contributed by atoms with Gasteiger partial charge in [-0.2, -0.15) is 0 Å². The van der Waals surface area contributed by atoms with Crippen LogP contribution in [0.25, 0.3) is 0 Å². The zero-order valence-corrected chi connectivity index (χ0v) is 8.60. The van der Waals surface area contributed by atoms with Gasteiger partial charge < -0.3 is 9.64 Å². The largest absolute Gasteiger partial charge is 0.461 e. The van der Waals surface area contributed by atoms with Gasteiger partial charge in [-0.15, -0.1) is 11.6 Å². The minimum atomic E-state index is -0.359. The second kappa shape index (κ2) is 10.5.